The van der Waals surface area contributed by atoms with Gasteiger partial charge in [-0.25, -0.2) is 4.79 Å². The summed E-state index contributed by atoms with van der Waals surface area (Å²) in [5, 5.41) is 8.74. The Morgan fingerprint density at radius 1 is 1.12 bits per heavy atom. The maximum atomic E-state index is 13.2. The zero-order valence-corrected chi connectivity index (χ0v) is 18.3. The number of aryl methyl sites for hydroxylation is 1. The van der Waals surface area contributed by atoms with Crippen LogP contribution in [-0.4, -0.2) is 60.8 Å². The summed E-state index contributed by atoms with van der Waals surface area (Å²) in [4.78, 5) is 27.6. The van der Waals surface area contributed by atoms with Gasteiger partial charge in [-0.3, -0.25) is 4.79 Å². The standard InChI is InChI=1S/C24H27F3N2O4/c1-17-5-7-20(8-6-17)29(23(32)18-3-2-4-19(15-18)24(25,26)27)14-13-28-11-9-21(10-12-28)33-16-22(30)31/h2-8,15,21H,9-14,16H2,1H3,(H,30,31). The molecule has 9 heteroatoms. The van der Waals surface area contributed by atoms with Crippen LogP contribution >= 0.6 is 0 Å². The number of amides is 1. The number of rotatable bonds is 8. The molecule has 1 N–H and O–H groups in total. The second kappa shape index (κ2) is 10.8. The number of hydrogen-bond acceptors (Lipinski definition) is 4. The Bertz CT molecular complexity index is 955. The fourth-order valence-corrected chi connectivity index (χ4v) is 3.79. The number of hydrogen-bond donors (Lipinski definition) is 1. The lowest BCUT2D eigenvalue weighted by Gasteiger charge is -2.33. The van der Waals surface area contributed by atoms with E-state index in [1.54, 1.807) is 12.1 Å². The molecular weight excluding hydrogens is 437 g/mol. The number of piperidine rings is 1. The van der Waals surface area contributed by atoms with Crippen molar-refractivity contribution >= 4 is 17.6 Å². The van der Waals surface area contributed by atoms with E-state index >= 15 is 0 Å². The summed E-state index contributed by atoms with van der Waals surface area (Å²) in [6.07, 6.45) is -3.28. The van der Waals surface area contributed by atoms with Crippen molar-refractivity contribution in [2.24, 2.45) is 0 Å². The van der Waals surface area contributed by atoms with E-state index in [9.17, 15) is 22.8 Å². The number of aliphatic carboxylic acids is 1. The van der Waals surface area contributed by atoms with Gasteiger partial charge in [0.05, 0.1) is 11.7 Å². The van der Waals surface area contributed by atoms with Crippen molar-refractivity contribution in [3.05, 3.63) is 65.2 Å². The Balaban J connectivity index is 1.70. The normalized spacial score (nSPS) is 15.4. The predicted octanol–water partition coefficient (Wildman–Crippen LogP) is 4.23. The van der Waals surface area contributed by atoms with E-state index in [4.69, 9.17) is 9.84 Å². The Labute approximate surface area is 190 Å². The van der Waals surface area contributed by atoms with Crippen LogP contribution < -0.4 is 4.90 Å². The smallest absolute Gasteiger partial charge is 0.416 e. The molecule has 1 saturated heterocycles. The number of carbonyl (C=O) groups is 2. The van der Waals surface area contributed by atoms with Gasteiger partial charge in [0.25, 0.3) is 5.91 Å². The molecule has 0 saturated carbocycles. The topological polar surface area (TPSA) is 70.1 Å². The molecule has 2 aromatic carbocycles. The number of benzene rings is 2. The Kier molecular flexibility index (Phi) is 8.10. The van der Waals surface area contributed by atoms with E-state index in [-0.39, 0.29) is 18.3 Å². The average Bonchev–Trinajstić information content (AvgIpc) is 2.79. The second-order valence-electron chi connectivity index (χ2n) is 8.12. The largest absolute Gasteiger partial charge is 0.480 e. The van der Waals surface area contributed by atoms with E-state index in [2.05, 4.69) is 4.90 Å². The van der Waals surface area contributed by atoms with E-state index in [1.807, 2.05) is 19.1 Å². The maximum absolute atomic E-state index is 13.2. The summed E-state index contributed by atoms with van der Waals surface area (Å²) in [6, 6.07) is 11.7. The highest BCUT2D eigenvalue weighted by molar-refractivity contribution is 6.06. The Hall–Kier alpha value is -2.91. The molecule has 6 nitrogen and oxygen atoms in total. The first-order valence-corrected chi connectivity index (χ1v) is 10.7. The molecule has 0 atom stereocenters. The molecular formula is C24H27F3N2O4. The van der Waals surface area contributed by atoms with Gasteiger partial charge in [-0.05, 0) is 50.1 Å². The Morgan fingerprint density at radius 2 is 1.79 bits per heavy atom. The average molecular weight is 464 g/mol. The van der Waals surface area contributed by atoms with Crippen LogP contribution in [0.15, 0.2) is 48.5 Å². The number of ether oxygens (including phenoxy) is 1. The van der Waals surface area contributed by atoms with Crippen molar-refractivity contribution in [1.82, 2.24) is 4.90 Å². The van der Waals surface area contributed by atoms with Crippen LogP contribution in [0, 0.1) is 6.92 Å². The van der Waals surface area contributed by atoms with Crippen LogP contribution in [0.3, 0.4) is 0 Å². The van der Waals surface area contributed by atoms with E-state index in [0.717, 1.165) is 17.7 Å². The molecule has 1 heterocycles. The fourth-order valence-electron chi connectivity index (χ4n) is 3.79. The highest BCUT2D eigenvalue weighted by atomic mass is 19.4. The van der Waals surface area contributed by atoms with E-state index < -0.39 is 23.6 Å². The lowest BCUT2D eigenvalue weighted by Crippen LogP contribution is -2.43. The summed E-state index contributed by atoms with van der Waals surface area (Å²) in [6.45, 7) is 3.80. The summed E-state index contributed by atoms with van der Waals surface area (Å²) in [5.41, 5.74) is 0.739. The van der Waals surface area contributed by atoms with Gasteiger partial charge in [-0.1, -0.05) is 23.8 Å². The molecule has 0 aliphatic carbocycles. The maximum Gasteiger partial charge on any atom is 0.416 e. The molecule has 3 rings (SSSR count). The third-order valence-electron chi connectivity index (χ3n) is 5.64. The van der Waals surface area contributed by atoms with E-state index in [1.165, 1.54) is 17.0 Å². The lowest BCUT2D eigenvalue weighted by atomic mass is 10.1. The quantitative estimate of drug-likeness (QED) is 0.633. The van der Waals surface area contributed by atoms with Crippen molar-refractivity contribution < 1.29 is 32.6 Å². The number of nitrogens with zero attached hydrogens (tertiary/aromatic N) is 2. The van der Waals surface area contributed by atoms with Crippen LogP contribution in [0.5, 0.6) is 0 Å². The number of halogens is 3. The summed E-state index contributed by atoms with van der Waals surface area (Å²) in [5.74, 6) is -1.50. The molecule has 0 aromatic heterocycles. The molecule has 0 unspecified atom stereocenters. The molecule has 178 valence electrons. The molecule has 33 heavy (non-hydrogen) atoms. The Morgan fingerprint density at radius 3 is 2.39 bits per heavy atom. The molecule has 0 radical (unpaired) electrons. The molecule has 0 bridgehead atoms. The van der Waals surface area contributed by atoms with Crippen molar-refractivity contribution in [1.29, 1.82) is 0 Å². The van der Waals surface area contributed by atoms with Gasteiger partial charge >= 0.3 is 12.1 Å². The van der Waals surface area contributed by atoms with E-state index in [0.29, 0.717) is 44.7 Å². The predicted molar refractivity (Wildman–Crippen MR) is 117 cm³/mol. The van der Waals surface area contributed by atoms with Crippen LogP contribution in [-0.2, 0) is 15.7 Å². The molecule has 2 aromatic rings. The first-order chi connectivity index (χ1) is 15.6. The first kappa shape index (κ1) is 24.7. The third kappa shape index (κ3) is 7.03. The van der Waals surface area contributed by atoms with Gasteiger partial charge in [0.1, 0.15) is 6.61 Å². The summed E-state index contributed by atoms with van der Waals surface area (Å²) in [7, 11) is 0. The van der Waals surface area contributed by atoms with Crippen LogP contribution in [0.25, 0.3) is 0 Å². The molecule has 0 spiro atoms. The third-order valence-corrected chi connectivity index (χ3v) is 5.64. The van der Waals surface area contributed by atoms with Crippen LogP contribution in [0.4, 0.5) is 18.9 Å². The summed E-state index contributed by atoms with van der Waals surface area (Å²) < 4.78 is 44.8. The zero-order valence-electron chi connectivity index (χ0n) is 18.3. The number of carbonyl (C=O) groups excluding carboxylic acids is 1. The number of carboxylic acids is 1. The minimum atomic E-state index is -4.53. The molecule has 1 amide bonds. The highest BCUT2D eigenvalue weighted by Gasteiger charge is 2.31. The molecule has 1 aliphatic heterocycles. The van der Waals surface area contributed by atoms with Crippen molar-refractivity contribution in [2.45, 2.75) is 32.0 Å². The van der Waals surface area contributed by atoms with Crippen LogP contribution in [0.2, 0.25) is 0 Å². The number of likely N-dealkylation sites (tertiary alicyclic amines) is 1. The van der Waals surface area contributed by atoms with Gasteiger partial charge in [0, 0.05) is 37.4 Å². The number of anilines is 1. The van der Waals surface area contributed by atoms with Gasteiger partial charge in [-0.2, -0.15) is 13.2 Å². The molecule has 1 fully saturated rings. The minimum Gasteiger partial charge on any atom is -0.480 e. The van der Waals surface area contributed by atoms with Gasteiger partial charge < -0.3 is 19.6 Å². The SMILES string of the molecule is Cc1ccc(N(CCN2CCC(OCC(=O)O)CC2)C(=O)c2cccc(C(F)(F)F)c2)cc1. The van der Waals surface area contributed by atoms with Crippen molar-refractivity contribution in [3.8, 4) is 0 Å². The fraction of sp³-hybridized carbons (Fsp3) is 0.417. The summed E-state index contributed by atoms with van der Waals surface area (Å²) >= 11 is 0. The zero-order chi connectivity index (χ0) is 24.0. The van der Waals surface area contributed by atoms with Gasteiger partial charge in [0.15, 0.2) is 0 Å². The van der Waals surface area contributed by atoms with Gasteiger partial charge in [-0.15, -0.1) is 0 Å². The lowest BCUT2D eigenvalue weighted by molar-refractivity contribution is -0.145. The first-order valence-electron chi connectivity index (χ1n) is 10.7. The van der Waals surface area contributed by atoms with Gasteiger partial charge in [0.2, 0.25) is 0 Å². The van der Waals surface area contributed by atoms with Crippen molar-refractivity contribution in [2.75, 3.05) is 37.7 Å². The molecule has 1 aliphatic rings. The second-order valence-corrected chi connectivity index (χ2v) is 8.12. The number of alkyl halides is 3. The highest BCUT2D eigenvalue weighted by Crippen LogP contribution is 2.30. The monoisotopic (exact) mass is 464 g/mol. The van der Waals surface area contributed by atoms with Crippen LogP contribution in [0.1, 0.15) is 34.3 Å². The number of carboxylic acid groups (broad SMARTS) is 1. The van der Waals surface area contributed by atoms with Crippen molar-refractivity contribution in [3.63, 3.8) is 0 Å². The minimum absolute atomic E-state index is 0.0221.